The second kappa shape index (κ2) is 7.89. The van der Waals surface area contributed by atoms with E-state index in [1.54, 1.807) is 24.3 Å². The highest BCUT2D eigenvalue weighted by Crippen LogP contribution is 2.28. The molecule has 0 fully saturated rings. The second-order valence-electron chi connectivity index (χ2n) is 4.93. The number of anilines is 3. The van der Waals surface area contributed by atoms with Crippen molar-refractivity contribution in [3.05, 3.63) is 40.8 Å². The van der Waals surface area contributed by atoms with Crippen molar-refractivity contribution >= 4 is 56.9 Å². The van der Waals surface area contributed by atoms with Crippen LogP contribution in [0.25, 0.3) is 0 Å². The number of benzene rings is 1. The molecule has 24 heavy (non-hydrogen) atoms. The Morgan fingerprint density at radius 2 is 1.79 bits per heavy atom. The lowest BCUT2D eigenvalue weighted by Gasteiger charge is -2.11. The summed E-state index contributed by atoms with van der Waals surface area (Å²) >= 11 is 6.70. The normalized spacial score (nSPS) is 9.96. The van der Waals surface area contributed by atoms with Crippen LogP contribution in [0.4, 0.5) is 16.4 Å². The molecule has 0 aliphatic heterocycles. The Labute approximate surface area is 149 Å². The van der Waals surface area contributed by atoms with Crippen LogP contribution in [0.3, 0.4) is 0 Å². The SMILES string of the molecule is COC(=O)c1cc(C)sc1NC(=S)Nc1cccc(NC(C)=O)c1. The van der Waals surface area contributed by atoms with E-state index in [4.69, 9.17) is 17.0 Å². The van der Waals surface area contributed by atoms with E-state index in [1.165, 1.54) is 25.4 Å². The van der Waals surface area contributed by atoms with Crippen molar-refractivity contribution in [2.24, 2.45) is 0 Å². The number of carbonyl (C=O) groups is 2. The Morgan fingerprint density at radius 3 is 2.42 bits per heavy atom. The summed E-state index contributed by atoms with van der Waals surface area (Å²) in [4.78, 5) is 23.8. The quantitative estimate of drug-likeness (QED) is 0.569. The fourth-order valence-electron chi connectivity index (χ4n) is 2.01. The molecule has 3 N–H and O–H groups in total. The van der Waals surface area contributed by atoms with Crippen molar-refractivity contribution in [3.8, 4) is 0 Å². The van der Waals surface area contributed by atoms with Gasteiger partial charge < -0.3 is 20.7 Å². The number of methoxy groups -OCH3 is 1. The third-order valence-electron chi connectivity index (χ3n) is 2.93. The summed E-state index contributed by atoms with van der Waals surface area (Å²) in [5.41, 5.74) is 1.82. The van der Waals surface area contributed by atoms with Gasteiger partial charge in [0.05, 0.1) is 12.7 Å². The first-order valence-electron chi connectivity index (χ1n) is 7.03. The van der Waals surface area contributed by atoms with Crippen molar-refractivity contribution in [1.82, 2.24) is 0 Å². The molecule has 0 saturated heterocycles. The van der Waals surface area contributed by atoms with Gasteiger partial charge in [0.2, 0.25) is 5.91 Å². The molecule has 2 rings (SSSR count). The molecule has 0 spiro atoms. The molecule has 1 amide bonds. The third-order valence-corrected chi connectivity index (χ3v) is 4.10. The van der Waals surface area contributed by atoms with Gasteiger partial charge in [-0.25, -0.2) is 4.79 Å². The van der Waals surface area contributed by atoms with Crippen molar-refractivity contribution in [3.63, 3.8) is 0 Å². The van der Waals surface area contributed by atoms with Gasteiger partial charge in [0.1, 0.15) is 5.00 Å². The maximum absolute atomic E-state index is 11.8. The highest BCUT2D eigenvalue weighted by atomic mass is 32.1. The number of aryl methyl sites for hydroxylation is 1. The Balaban J connectivity index is 2.09. The number of hydrogen-bond acceptors (Lipinski definition) is 5. The van der Waals surface area contributed by atoms with Crippen LogP contribution >= 0.6 is 23.6 Å². The number of ether oxygens (including phenoxy) is 1. The molecular formula is C16H17N3O3S2. The topological polar surface area (TPSA) is 79.5 Å². The van der Waals surface area contributed by atoms with E-state index in [2.05, 4.69) is 16.0 Å². The minimum Gasteiger partial charge on any atom is -0.465 e. The molecule has 1 heterocycles. The zero-order valence-corrected chi connectivity index (χ0v) is 15.1. The molecule has 0 unspecified atom stereocenters. The maximum Gasteiger partial charge on any atom is 0.340 e. The molecule has 1 aromatic carbocycles. The fraction of sp³-hybridized carbons (Fsp3) is 0.188. The largest absolute Gasteiger partial charge is 0.465 e. The zero-order chi connectivity index (χ0) is 17.7. The third kappa shape index (κ3) is 4.77. The van der Waals surface area contributed by atoms with E-state index in [-0.39, 0.29) is 5.91 Å². The van der Waals surface area contributed by atoms with E-state index in [0.717, 1.165) is 4.88 Å². The standard InChI is InChI=1S/C16H17N3O3S2/c1-9-7-13(15(21)22-3)14(24-9)19-16(23)18-12-6-4-5-11(8-12)17-10(2)20/h4-8H,1-3H3,(H,17,20)(H2,18,19,23). The first-order valence-corrected chi connectivity index (χ1v) is 8.26. The molecule has 1 aromatic heterocycles. The summed E-state index contributed by atoms with van der Waals surface area (Å²) in [7, 11) is 1.34. The molecule has 0 atom stereocenters. The molecule has 126 valence electrons. The summed E-state index contributed by atoms with van der Waals surface area (Å²) in [5, 5.41) is 9.68. The van der Waals surface area contributed by atoms with Gasteiger partial charge in [0.25, 0.3) is 0 Å². The molecule has 8 heteroatoms. The van der Waals surface area contributed by atoms with Crippen LogP contribution in [0.5, 0.6) is 0 Å². The Hall–Kier alpha value is -2.45. The molecule has 0 radical (unpaired) electrons. The summed E-state index contributed by atoms with van der Waals surface area (Å²) in [6.07, 6.45) is 0. The van der Waals surface area contributed by atoms with Crippen LogP contribution < -0.4 is 16.0 Å². The number of esters is 1. The van der Waals surface area contributed by atoms with Crippen LogP contribution in [-0.4, -0.2) is 24.1 Å². The summed E-state index contributed by atoms with van der Waals surface area (Å²) in [6, 6.07) is 8.90. The van der Waals surface area contributed by atoms with Gasteiger partial charge in [-0.2, -0.15) is 0 Å². The summed E-state index contributed by atoms with van der Waals surface area (Å²) in [6.45, 7) is 3.34. The number of amides is 1. The second-order valence-corrected chi connectivity index (χ2v) is 6.60. The number of thiocarbonyl (C=S) groups is 1. The highest BCUT2D eigenvalue weighted by Gasteiger charge is 2.16. The van der Waals surface area contributed by atoms with Crippen LogP contribution in [0.2, 0.25) is 0 Å². The van der Waals surface area contributed by atoms with Gasteiger partial charge >= 0.3 is 5.97 Å². The molecular weight excluding hydrogens is 346 g/mol. The van der Waals surface area contributed by atoms with Gasteiger partial charge in [-0.3, -0.25) is 4.79 Å². The first-order chi connectivity index (χ1) is 11.4. The molecule has 6 nitrogen and oxygen atoms in total. The van der Waals surface area contributed by atoms with Crippen molar-refractivity contribution in [2.45, 2.75) is 13.8 Å². The van der Waals surface area contributed by atoms with E-state index in [0.29, 0.717) is 27.1 Å². The van der Waals surface area contributed by atoms with Crippen molar-refractivity contribution in [2.75, 3.05) is 23.1 Å². The van der Waals surface area contributed by atoms with Gasteiger partial charge in [0, 0.05) is 23.2 Å². The smallest absolute Gasteiger partial charge is 0.340 e. The maximum atomic E-state index is 11.8. The van der Waals surface area contributed by atoms with Crippen LogP contribution in [0.15, 0.2) is 30.3 Å². The number of nitrogens with one attached hydrogen (secondary N) is 3. The number of rotatable bonds is 4. The highest BCUT2D eigenvalue weighted by molar-refractivity contribution is 7.80. The molecule has 0 aliphatic carbocycles. The van der Waals surface area contributed by atoms with Crippen molar-refractivity contribution < 1.29 is 14.3 Å². The molecule has 0 aliphatic rings. The fourth-order valence-corrected chi connectivity index (χ4v) is 3.20. The number of thiophene rings is 1. The monoisotopic (exact) mass is 363 g/mol. The van der Waals surface area contributed by atoms with Crippen LogP contribution in [-0.2, 0) is 9.53 Å². The van der Waals surface area contributed by atoms with E-state index >= 15 is 0 Å². The van der Waals surface area contributed by atoms with E-state index in [1.807, 2.05) is 13.0 Å². The average molecular weight is 363 g/mol. The van der Waals surface area contributed by atoms with Crippen LogP contribution in [0.1, 0.15) is 22.2 Å². The minimum absolute atomic E-state index is 0.148. The first kappa shape index (κ1) is 17.9. The predicted molar refractivity (Wildman–Crippen MR) is 101 cm³/mol. The predicted octanol–water partition coefficient (Wildman–Crippen LogP) is 3.61. The van der Waals surface area contributed by atoms with E-state index < -0.39 is 5.97 Å². The minimum atomic E-state index is -0.419. The number of hydrogen-bond donors (Lipinski definition) is 3. The lowest BCUT2D eigenvalue weighted by Crippen LogP contribution is -2.20. The Morgan fingerprint density at radius 1 is 1.12 bits per heavy atom. The van der Waals surface area contributed by atoms with E-state index in [9.17, 15) is 9.59 Å². The van der Waals surface area contributed by atoms with Crippen molar-refractivity contribution in [1.29, 1.82) is 0 Å². The molecule has 0 saturated carbocycles. The lowest BCUT2D eigenvalue weighted by atomic mass is 10.2. The van der Waals surface area contributed by atoms with Crippen LogP contribution in [0, 0.1) is 6.92 Å². The van der Waals surface area contributed by atoms with Gasteiger partial charge in [-0.1, -0.05) is 6.07 Å². The van der Waals surface area contributed by atoms with Gasteiger partial charge in [-0.15, -0.1) is 11.3 Å². The Kier molecular flexibility index (Phi) is 5.88. The lowest BCUT2D eigenvalue weighted by molar-refractivity contribution is -0.114. The summed E-state index contributed by atoms with van der Waals surface area (Å²) < 4.78 is 4.77. The Bertz CT molecular complexity index is 787. The average Bonchev–Trinajstić information content (AvgIpc) is 2.86. The zero-order valence-electron chi connectivity index (χ0n) is 13.4. The summed E-state index contributed by atoms with van der Waals surface area (Å²) in [5.74, 6) is -0.568. The number of carbonyl (C=O) groups excluding carboxylic acids is 2. The van der Waals surface area contributed by atoms with Gasteiger partial charge in [0.15, 0.2) is 5.11 Å². The molecule has 2 aromatic rings. The van der Waals surface area contributed by atoms with Gasteiger partial charge in [-0.05, 0) is 43.4 Å². The molecule has 0 bridgehead atoms.